The predicted molar refractivity (Wildman–Crippen MR) is 343 cm³/mol. The Morgan fingerprint density at radius 3 is 0.823 bits per heavy atom. The van der Waals surface area contributed by atoms with Crippen LogP contribution in [0.15, 0.2) is 122 Å². The lowest BCUT2D eigenvalue weighted by Gasteiger charge is -2.18. The van der Waals surface area contributed by atoms with Crippen LogP contribution in [0.5, 0.6) is 0 Å². The topological polar surface area (TPSA) is 78.9 Å². The van der Waals surface area contributed by atoms with E-state index in [0.29, 0.717) is 25.7 Å². The third-order valence-electron chi connectivity index (χ3n) is 14.0. The number of unbranched alkanes of at least 4 members (excludes halogenated alkanes) is 28. The van der Waals surface area contributed by atoms with Crippen molar-refractivity contribution in [3.63, 3.8) is 0 Å². The summed E-state index contributed by atoms with van der Waals surface area (Å²) in [6.07, 6.45) is 92.0. The van der Waals surface area contributed by atoms with Crippen LogP contribution in [0, 0.1) is 0 Å². The number of hydrogen-bond acceptors (Lipinski definition) is 6. The minimum absolute atomic E-state index is 0.0949. The van der Waals surface area contributed by atoms with Crippen LogP contribution >= 0.6 is 0 Å². The molecule has 0 spiro atoms. The maximum Gasteiger partial charge on any atom is 0.306 e. The number of esters is 3. The van der Waals surface area contributed by atoms with Crippen molar-refractivity contribution >= 4 is 17.9 Å². The molecule has 450 valence electrons. The Labute approximate surface area is 488 Å². The zero-order chi connectivity index (χ0) is 57.1. The third-order valence-corrected chi connectivity index (χ3v) is 14.0. The Bertz CT molecular complexity index is 1640. The molecule has 1 unspecified atom stereocenters. The standard InChI is InChI=1S/C73H122O6/c1-4-7-10-13-16-19-22-25-28-31-32-33-34-35-36-37-38-39-40-43-45-48-51-54-57-60-63-66-72(75)78-69-70(79-73(76)67-64-61-58-55-52-49-46-42-30-27-24-21-18-15-12-9-6-3)68-77-71(74)65-62-59-56-53-50-47-44-41-29-26-23-20-17-14-11-8-5-2/h7,10,16,18-19,21,25,27-28,30,32-33,35-36,38-39,43,45,51,54,70H,4-6,8-9,11-15,17,20,22-24,26,29,31,34,37,40-42,44,46-50,52-53,55-69H2,1-3H3/b10-7-,19-16-,21-18-,28-25-,30-27-,33-32-,36-35-,39-38-,45-43-,54-51-. The maximum atomic E-state index is 12.9. The number of rotatable bonds is 59. The largest absolute Gasteiger partial charge is 0.462 e. The number of hydrogen-bond donors (Lipinski definition) is 0. The van der Waals surface area contributed by atoms with Gasteiger partial charge in [0, 0.05) is 19.3 Å². The van der Waals surface area contributed by atoms with Crippen molar-refractivity contribution in [1.82, 2.24) is 0 Å². The molecule has 0 bridgehead atoms. The van der Waals surface area contributed by atoms with E-state index in [-0.39, 0.29) is 31.1 Å². The number of carbonyl (C=O) groups is 3. The molecule has 6 nitrogen and oxygen atoms in total. The van der Waals surface area contributed by atoms with Gasteiger partial charge in [0.25, 0.3) is 0 Å². The normalized spacial score (nSPS) is 12.9. The van der Waals surface area contributed by atoms with E-state index in [1.165, 1.54) is 141 Å². The molecule has 0 aliphatic carbocycles. The fourth-order valence-corrected chi connectivity index (χ4v) is 9.02. The van der Waals surface area contributed by atoms with Crippen LogP contribution < -0.4 is 0 Å². The molecule has 0 aliphatic heterocycles. The Hall–Kier alpha value is -4.19. The summed E-state index contributed by atoms with van der Waals surface area (Å²) in [5.74, 6) is -0.940. The van der Waals surface area contributed by atoms with Gasteiger partial charge in [-0.25, -0.2) is 0 Å². The fourth-order valence-electron chi connectivity index (χ4n) is 9.02. The molecule has 0 fully saturated rings. The first-order valence-corrected chi connectivity index (χ1v) is 33.0. The van der Waals surface area contributed by atoms with Gasteiger partial charge in [-0.1, -0.05) is 290 Å². The molecule has 79 heavy (non-hydrogen) atoms. The summed E-state index contributed by atoms with van der Waals surface area (Å²) < 4.78 is 16.9. The first-order valence-electron chi connectivity index (χ1n) is 33.0. The van der Waals surface area contributed by atoms with Crippen LogP contribution in [0.4, 0.5) is 0 Å². The number of carbonyl (C=O) groups excluding carboxylic acids is 3. The van der Waals surface area contributed by atoms with Gasteiger partial charge in [0.1, 0.15) is 13.2 Å². The van der Waals surface area contributed by atoms with E-state index in [2.05, 4.69) is 142 Å². The first kappa shape index (κ1) is 74.8. The molecule has 0 radical (unpaired) electrons. The highest BCUT2D eigenvalue weighted by Gasteiger charge is 2.19. The number of allylic oxidation sites excluding steroid dienone is 20. The Morgan fingerprint density at radius 1 is 0.266 bits per heavy atom. The van der Waals surface area contributed by atoms with E-state index in [1.807, 2.05) is 0 Å². The van der Waals surface area contributed by atoms with Crippen molar-refractivity contribution in [3.05, 3.63) is 122 Å². The highest BCUT2D eigenvalue weighted by Crippen LogP contribution is 2.16. The molecule has 0 amide bonds. The lowest BCUT2D eigenvalue weighted by Crippen LogP contribution is -2.30. The molecule has 0 rings (SSSR count). The second kappa shape index (κ2) is 66.3. The Morgan fingerprint density at radius 2 is 0.494 bits per heavy atom. The zero-order valence-electron chi connectivity index (χ0n) is 51.6. The van der Waals surface area contributed by atoms with Crippen LogP contribution in [0.3, 0.4) is 0 Å². The highest BCUT2D eigenvalue weighted by molar-refractivity contribution is 5.71. The minimum atomic E-state index is -0.804. The molecule has 0 N–H and O–H groups in total. The monoisotopic (exact) mass is 1090 g/mol. The van der Waals surface area contributed by atoms with Crippen molar-refractivity contribution in [2.24, 2.45) is 0 Å². The van der Waals surface area contributed by atoms with Gasteiger partial charge in [-0.15, -0.1) is 0 Å². The summed E-state index contributed by atoms with van der Waals surface area (Å²) in [6.45, 7) is 6.49. The van der Waals surface area contributed by atoms with E-state index < -0.39 is 6.10 Å². The SMILES string of the molecule is CC/C=C\C/C=C\C/C=C\C/C=C\C/C=C\C/C=C\C/C=C\C/C=C\CCCCC(=O)OCC(COC(=O)CCCCCCCCCCCCCCCCCCC)OC(=O)CCCCCCCCC/C=C\C/C=C\CCCCC. The predicted octanol–water partition coefficient (Wildman–Crippen LogP) is 22.8. The quantitative estimate of drug-likeness (QED) is 0.0261. The van der Waals surface area contributed by atoms with Crippen LogP contribution in [0.2, 0.25) is 0 Å². The minimum Gasteiger partial charge on any atom is -0.462 e. The van der Waals surface area contributed by atoms with E-state index in [1.54, 1.807) is 0 Å². The van der Waals surface area contributed by atoms with Gasteiger partial charge < -0.3 is 14.2 Å². The molecule has 0 aromatic rings. The molecular weight excluding hydrogens is 973 g/mol. The lowest BCUT2D eigenvalue weighted by atomic mass is 10.0. The van der Waals surface area contributed by atoms with Gasteiger partial charge in [0.05, 0.1) is 0 Å². The van der Waals surface area contributed by atoms with E-state index in [0.717, 1.165) is 116 Å². The van der Waals surface area contributed by atoms with Crippen LogP contribution in [0.1, 0.15) is 303 Å². The summed E-state index contributed by atoms with van der Waals surface area (Å²) in [5, 5.41) is 0. The molecule has 0 heterocycles. The maximum absolute atomic E-state index is 12.9. The van der Waals surface area contributed by atoms with Gasteiger partial charge in [0.15, 0.2) is 6.10 Å². The summed E-state index contributed by atoms with van der Waals surface area (Å²) in [5.41, 5.74) is 0. The van der Waals surface area contributed by atoms with Crippen LogP contribution in [-0.2, 0) is 28.6 Å². The zero-order valence-corrected chi connectivity index (χ0v) is 51.6. The smallest absolute Gasteiger partial charge is 0.306 e. The average molecular weight is 1100 g/mol. The second-order valence-electron chi connectivity index (χ2n) is 21.6. The Kier molecular flexibility index (Phi) is 62.8. The summed E-state index contributed by atoms with van der Waals surface area (Å²) in [7, 11) is 0. The summed E-state index contributed by atoms with van der Waals surface area (Å²) >= 11 is 0. The Balaban J connectivity index is 4.46. The molecule has 0 saturated heterocycles. The van der Waals surface area contributed by atoms with Gasteiger partial charge >= 0.3 is 17.9 Å². The molecule has 0 aromatic carbocycles. The van der Waals surface area contributed by atoms with Gasteiger partial charge in [0.2, 0.25) is 0 Å². The van der Waals surface area contributed by atoms with Crippen molar-refractivity contribution in [2.45, 2.75) is 309 Å². The first-order chi connectivity index (χ1) is 39.0. The van der Waals surface area contributed by atoms with Gasteiger partial charge in [-0.05, 0) is 116 Å². The summed E-state index contributed by atoms with van der Waals surface area (Å²) in [6, 6.07) is 0. The molecule has 0 saturated carbocycles. The van der Waals surface area contributed by atoms with Crippen molar-refractivity contribution in [2.75, 3.05) is 13.2 Å². The van der Waals surface area contributed by atoms with Crippen LogP contribution in [-0.4, -0.2) is 37.2 Å². The molecule has 0 aliphatic rings. The van der Waals surface area contributed by atoms with E-state index >= 15 is 0 Å². The highest BCUT2D eigenvalue weighted by atomic mass is 16.6. The molecule has 0 aromatic heterocycles. The molecule has 6 heteroatoms. The number of ether oxygens (including phenoxy) is 3. The van der Waals surface area contributed by atoms with Crippen molar-refractivity contribution in [1.29, 1.82) is 0 Å². The van der Waals surface area contributed by atoms with E-state index in [4.69, 9.17) is 14.2 Å². The van der Waals surface area contributed by atoms with Crippen LogP contribution in [0.25, 0.3) is 0 Å². The summed E-state index contributed by atoms with van der Waals surface area (Å²) in [4.78, 5) is 38.4. The third kappa shape index (κ3) is 64.5. The fraction of sp³-hybridized carbons (Fsp3) is 0.685. The van der Waals surface area contributed by atoms with Gasteiger partial charge in [-0.2, -0.15) is 0 Å². The molecular formula is C73H122O6. The average Bonchev–Trinajstić information content (AvgIpc) is 3.45. The van der Waals surface area contributed by atoms with Crippen molar-refractivity contribution in [3.8, 4) is 0 Å². The second-order valence-corrected chi connectivity index (χ2v) is 21.6. The lowest BCUT2D eigenvalue weighted by molar-refractivity contribution is -0.167. The molecule has 1 atom stereocenters. The van der Waals surface area contributed by atoms with Crippen molar-refractivity contribution < 1.29 is 28.6 Å². The van der Waals surface area contributed by atoms with Gasteiger partial charge in [-0.3, -0.25) is 14.4 Å². The van der Waals surface area contributed by atoms with E-state index in [9.17, 15) is 14.4 Å².